The minimum absolute atomic E-state index is 0.140. The Morgan fingerprint density at radius 1 is 1.19 bits per heavy atom. The average Bonchev–Trinajstić information content (AvgIpc) is 3.53. The first kappa shape index (κ1) is 23.8. The molecule has 2 N–H and O–H groups in total. The number of carbonyl (C=O) groups is 2. The third kappa shape index (κ3) is 4.22. The summed E-state index contributed by atoms with van der Waals surface area (Å²) < 4.78 is 15.4. The SMILES string of the molecule is COc1cc(C(=O)N2CCCC(OC(N)=O)C2)cc2nc(-c3cc4ccsc4n3CC3CCC3)n(C)c12. The van der Waals surface area contributed by atoms with Crippen LogP contribution < -0.4 is 10.5 Å². The second kappa shape index (κ2) is 9.41. The number of aromatic nitrogens is 3. The van der Waals surface area contributed by atoms with E-state index in [1.54, 1.807) is 29.4 Å². The normalized spacial score (nSPS) is 18.3. The molecule has 2 aliphatic rings. The van der Waals surface area contributed by atoms with Gasteiger partial charge in [-0.1, -0.05) is 6.42 Å². The average molecular weight is 522 g/mol. The van der Waals surface area contributed by atoms with Crippen LogP contribution in [0.3, 0.4) is 0 Å². The number of thiophene rings is 1. The van der Waals surface area contributed by atoms with E-state index in [4.69, 9.17) is 20.2 Å². The second-order valence-corrected chi connectivity index (χ2v) is 11.0. The van der Waals surface area contributed by atoms with Crippen LogP contribution in [0.5, 0.6) is 5.75 Å². The monoisotopic (exact) mass is 521 g/mol. The van der Waals surface area contributed by atoms with Gasteiger partial charge in [0, 0.05) is 31.1 Å². The lowest BCUT2D eigenvalue weighted by Crippen LogP contribution is -2.44. The molecule has 1 unspecified atom stereocenters. The molecule has 0 spiro atoms. The third-order valence-electron chi connectivity index (χ3n) is 7.75. The van der Waals surface area contributed by atoms with Crippen LogP contribution in [-0.4, -0.2) is 57.3 Å². The highest BCUT2D eigenvalue weighted by atomic mass is 32.1. The first-order valence-electron chi connectivity index (χ1n) is 12.8. The van der Waals surface area contributed by atoms with Crippen LogP contribution in [0.15, 0.2) is 29.6 Å². The molecule has 37 heavy (non-hydrogen) atoms. The van der Waals surface area contributed by atoms with Crippen LogP contribution in [0.25, 0.3) is 32.8 Å². The van der Waals surface area contributed by atoms with Gasteiger partial charge in [-0.25, -0.2) is 9.78 Å². The number of amides is 2. The Kier molecular flexibility index (Phi) is 6.06. The topological polar surface area (TPSA) is 105 Å². The van der Waals surface area contributed by atoms with Crippen molar-refractivity contribution in [1.29, 1.82) is 0 Å². The number of hydrogen-bond donors (Lipinski definition) is 1. The van der Waals surface area contributed by atoms with E-state index in [1.165, 1.54) is 29.5 Å². The quantitative estimate of drug-likeness (QED) is 0.394. The first-order valence-corrected chi connectivity index (χ1v) is 13.7. The molecular formula is C27H31N5O4S. The molecule has 9 nitrogen and oxygen atoms in total. The fourth-order valence-corrected chi connectivity index (χ4v) is 6.57. The van der Waals surface area contributed by atoms with Gasteiger partial charge in [0.05, 0.1) is 24.9 Å². The highest BCUT2D eigenvalue weighted by Crippen LogP contribution is 2.38. The summed E-state index contributed by atoms with van der Waals surface area (Å²) in [5, 5.41) is 3.37. The highest BCUT2D eigenvalue weighted by molar-refractivity contribution is 7.16. The maximum Gasteiger partial charge on any atom is 0.404 e. The Labute approximate surface area is 218 Å². The van der Waals surface area contributed by atoms with Gasteiger partial charge in [-0.3, -0.25) is 4.79 Å². The fourth-order valence-electron chi connectivity index (χ4n) is 5.66. The van der Waals surface area contributed by atoms with Crippen LogP contribution in [0.1, 0.15) is 42.5 Å². The Morgan fingerprint density at radius 2 is 2.03 bits per heavy atom. The highest BCUT2D eigenvalue weighted by Gasteiger charge is 2.29. The molecule has 6 rings (SSSR count). The van der Waals surface area contributed by atoms with Crippen LogP contribution in [0.2, 0.25) is 0 Å². The number of fused-ring (bicyclic) bond motifs is 2. The summed E-state index contributed by atoms with van der Waals surface area (Å²) >= 11 is 1.76. The van der Waals surface area contributed by atoms with Crippen molar-refractivity contribution in [2.24, 2.45) is 18.7 Å². The number of methoxy groups -OCH3 is 1. The molecule has 4 aromatic rings. The second-order valence-electron chi connectivity index (χ2n) is 10.1. The van der Waals surface area contributed by atoms with Gasteiger partial charge in [-0.2, -0.15) is 0 Å². The summed E-state index contributed by atoms with van der Waals surface area (Å²) in [6.45, 7) is 1.91. The van der Waals surface area contributed by atoms with Crippen LogP contribution >= 0.6 is 11.3 Å². The summed E-state index contributed by atoms with van der Waals surface area (Å²) in [5.41, 5.74) is 8.34. The number of nitrogens with zero attached hydrogens (tertiary/aromatic N) is 4. The lowest BCUT2D eigenvalue weighted by atomic mass is 9.85. The van der Waals surface area contributed by atoms with E-state index < -0.39 is 6.09 Å². The van der Waals surface area contributed by atoms with Gasteiger partial charge in [0.15, 0.2) is 5.82 Å². The number of likely N-dealkylation sites (tertiary alicyclic amines) is 1. The number of piperidine rings is 1. The van der Waals surface area contributed by atoms with E-state index in [0.29, 0.717) is 42.3 Å². The molecule has 1 aliphatic heterocycles. The largest absolute Gasteiger partial charge is 0.494 e. The molecule has 2 fully saturated rings. The zero-order chi connectivity index (χ0) is 25.7. The Hall–Kier alpha value is -3.53. The van der Waals surface area contributed by atoms with Crippen molar-refractivity contribution in [3.05, 3.63) is 35.2 Å². The molecule has 1 atom stereocenters. The number of carbonyl (C=O) groups excluding carboxylic acids is 2. The number of imidazole rings is 1. The van der Waals surface area contributed by atoms with Crippen molar-refractivity contribution in [2.45, 2.75) is 44.8 Å². The van der Waals surface area contributed by atoms with E-state index in [1.807, 2.05) is 13.1 Å². The van der Waals surface area contributed by atoms with E-state index in [2.05, 4.69) is 26.6 Å². The molecular weight excluding hydrogens is 490 g/mol. The van der Waals surface area contributed by atoms with Gasteiger partial charge in [0.1, 0.15) is 22.2 Å². The zero-order valence-corrected chi connectivity index (χ0v) is 21.9. The number of aryl methyl sites for hydroxylation is 1. The summed E-state index contributed by atoms with van der Waals surface area (Å²) in [7, 11) is 3.61. The van der Waals surface area contributed by atoms with Gasteiger partial charge in [0.25, 0.3) is 5.91 Å². The predicted octanol–water partition coefficient (Wildman–Crippen LogP) is 4.77. The number of ether oxygens (including phenoxy) is 2. The Balaban J connectivity index is 1.38. The summed E-state index contributed by atoms with van der Waals surface area (Å²) in [6, 6.07) is 8.00. The molecule has 0 bridgehead atoms. The van der Waals surface area contributed by atoms with E-state index in [-0.39, 0.29) is 12.0 Å². The smallest absolute Gasteiger partial charge is 0.404 e. The maximum atomic E-state index is 13.5. The van der Waals surface area contributed by atoms with Crippen molar-refractivity contribution in [3.63, 3.8) is 0 Å². The number of benzene rings is 1. The van der Waals surface area contributed by atoms with Crippen molar-refractivity contribution < 1.29 is 19.1 Å². The number of hydrogen-bond acceptors (Lipinski definition) is 6. The molecule has 2 amide bonds. The van der Waals surface area contributed by atoms with Crippen LogP contribution in [0.4, 0.5) is 4.79 Å². The lowest BCUT2D eigenvalue weighted by Gasteiger charge is -2.32. The van der Waals surface area contributed by atoms with Crippen molar-refractivity contribution in [3.8, 4) is 17.3 Å². The molecule has 4 heterocycles. The summed E-state index contributed by atoms with van der Waals surface area (Å²) in [4.78, 5) is 32.7. The Morgan fingerprint density at radius 3 is 2.76 bits per heavy atom. The number of rotatable bonds is 6. The minimum atomic E-state index is -0.815. The van der Waals surface area contributed by atoms with Gasteiger partial charge in [-0.05, 0) is 61.2 Å². The standard InChI is InChI=1S/C27H31N5O4S/c1-30-23-20(29-24(30)21-12-17-8-10-37-26(17)32(21)14-16-5-3-6-16)11-18(13-22(23)35-2)25(33)31-9-4-7-19(15-31)36-27(28)34/h8,10-13,16,19H,3-7,9,14-15H2,1-2H3,(H2,28,34). The molecule has 1 saturated carbocycles. The van der Waals surface area contributed by atoms with Gasteiger partial charge < -0.3 is 29.2 Å². The Bertz CT molecular complexity index is 1500. The van der Waals surface area contributed by atoms with Crippen molar-refractivity contribution in [2.75, 3.05) is 20.2 Å². The molecule has 0 radical (unpaired) electrons. The third-order valence-corrected chi connectivity index (χ3v) is 8.70. The summed E-state index contributed by atoms with van der Waals surface area (Å²) in [5.74, 6) is 2.02. The molecule has 194 valence electrons. The number of nitrogens with two attached hydrogens (primary N) is 1. The lowest BCUT2D eigenvalue weighted by molar-refractivity contribution is 0.0373. The predicted molar refractivity (Wildman–Crippen MR) is 143 cm³/mol. The van der Waals surface area contributed by atoms with Gasteiger partial charge in [-0.15, -0.1) is 11.3 Å². The fraction of sp³-hybridized carbons (Fsp3) is 0.444. The molecule has 3 aromatic heterocycles. The minimum Gasteiger partial charge on any atom is -0.494 e. The van der Waals surface area contributed by atoms with E-state index >= 15 is 0 Å². The van der Waals surface area contributed by atoms with Crippen LogP contribution in [0, 0.1) is 5.92 Å². The van der Waals surface area contributed by atoms with Crippen LogP contribution in [-0.2, 0) is 18.3 Å². The summed E-state index contributed by atoms with van der Waals surface area (Å²) in [6.07, 6.45) is 4.08. The van der Waals surface area contributed by atoms with Gasteiger partial charge in [0.2, 0.25) is 0 Å². The van der Waals surface area contributed by atoms with Crippen molar-refractivity contribution in [1.82, 2.24) is 19.0 Å². The molecule has 1 saturated heterocycles. The first-order chi connectivity index (χ1) is 17.9. The van der Waals surface area contributed by atoms with Gasteiger partial charge >= 0.3 is 6.09 Å². The molecule has 1 aromatic carbocycles. The molecule has 1 aliphatic carbocycles. The van der Waals surface area contributed by atoms with Crippen molar-refractivity contribution >= 4 is 44.6 Å². The molecule has 10 heteroatoms. The number of primary amides is 1. The maximum absolute atomic E-state index is 13.5. The zero-order valence-electron chi connectivity index (χ0n) is 21.1. The van der Waals surface area contributed by atoms with E-state index in [9.17, 15) is 9.59 Å². The van der Waals surface area contributed by atoms with E-state index in [0.717, 1.165) is 30.0 Å².